The summed E-state index contributed by atoms with van der Waals surface area (Å²) in [4.78, 5) is 17.1. The van der Waals surface area contributed by atoms with Gasteiger partial charge in [0.05, 0.1) is 10.1 Å². The smallest absolute Gasteiger partial charge is 0.277 e. The molecule has 0 saturated heterocycles. The topological polar surface area (TPSA) is 71.8 Å². The van der Waals surface area contributed by atoms with Crippen LogP contribution in [0.5, 0.6) is 0 Å². The molecule has 4 rings (SSSR count). The first-order valence-electron chi connectivity index (χ1n) is 7.79. The first-order valence-corrected chi connectivity index (χ1v) is 9.55. The van der Waals surface area contributed by atoms with Gasteiger partial charge in [-0.05, 0) is 31.4 Å². The third-order valence-electron chi connectivity index (χ3n) is 3.93. The zero-order chi connectivity index (χ0) is 17.4. The highest BCUT2D eigenvalue weighted by molar-refractivity contribution is 8.00. The predicted octanol–water partition coefficient (Wildman–Crippen LogP) is 4.95. The number of fused-ring (bicyclic) bond motifs is 1. The van der Waals surface area contributed by atoms with Gasteiger partial charge in [-0.25, -0.2) is 0 Å². The summed E-state index contributed by atoms with van der Waals surface area (Å²) >= 11 is 2.83. The average Bonchev–Trinajstić information content (AvgIpc) is 3.32. The number of rotatable bonds is 5. The standard InChI is InChI=1S/C18H15N3O2S2/c1-10-15(12-6-3-4-7-13(12)19-10)16(22)11(2)25-18-21-20-17(23-18)14-8-5-9-24-14/h3-9,11,19H,1-2H3/t11-/m0/s1. The Labute approximate surface area is 152 Å². The molecule has 7 heteroatoms. The Morgan fingerprint density at radius 3 is 2.88 bits per heavy atom. The maximum atomic E-state index is 13.0. The number of nitrogens with one attached hydrogen (secondary N) is 1. The van der Waals surface area contributed by atoms with E-state index in [2.05, 4.69) is 15.2 Å². The molecule has 25 heavy (non-hydrogen) atoms. The highest BCUT2D eigenvalue weighted by Crippen LogP contribution is 2.31. The van der Waals surface area contributed by atoms with E-state index in [0.29, 0.717) is 11.1 Å². The number of carbonyl (C=O) groups is 1. The van der Waals surface area contributed by atoms with Crippen molar-refractivity contribution in [3.63, 3.8) is 0 Å². The molecule has 0 bridgehead atoms. The molecule has 0 fully saturated rings. The number of ketones is 1. The molecular weight excluding hydrogens is 354 g/mol. The maximum Gasteiger partial charge on any atom is 0.277 e. The number of aromatic amines is 1. The summed E-state index contributed by atoms with van der Waals surface area (Å²) in [5, 5.41) is 11.1. The van der Waals surface area contributed by atoms with Crippen LogP contribution in [0.25, 0.3) is 21.7 Å². The van der Waals surface area contributed by atoms with Gasteiger partial charge in [0, 0.05) is 22.2 Å². The van der Waals surface area contributed by atoms with Crippen molar-refractivity contribution in [3.8, 4) is 10.8 Å². The van der Waals surface area contributed by atoms with Crippen LogP contribution in [0.2, 0.25) is 0 Å². The number of H-pyrrole nitrogens is 1. The lowest BCUT2D eigenvalue weighted by Gasteiger charge is -2.07. The highest BCUT2D eigenvalue weighted by atomic mass is 32.2. The number of hydrogen-bond acceptors (Lipinski definition) is 6. The fraction of sp³-hybridized carbons (Fsp3) is 0.167. The van der Waals surface area contributed by atoms with E-state index in [1.54, 1.807) is 0 Å². The van der Waals surface area contributed by atoms with Crippen molar-refractivity contribution in [1.82, 2.24) is 15.2 Å². The minimum Gasteiger partial charge on any atom is -0.410 e. The van der Waals surface area contributed by atoms with Crippen LogP contribution in [0, 0.1) is 6.92 Å². The Balaban J connectivity index is 1.57. The van der Waals surface area contributed by atoms with Crippen LogP contribution in [0.15, 0.2) is 51.4 Å². The van der Waals surface area contributed by atoms with Crippen molar-refractivity contribution in [3.05, 3.63) is 53.0 Å². The normalized spacial score (nSPS) is 12.6. The zero-order valence-corrected chi connectivity index (χ0v) is 15.3. The molecule has 1 aromatic carbocycles. The number of benzene rings is 1. The molecule has 0 aliphatic carbocycles. The van der Waals surface area contributed by atoms with Crippen LogP contribution in [0.1, 0.15) is 23.0 Å². The molecule has 0 unspecified atom stereocenters. The van der Waals surface area contributed by atoms with Crippen molar-refractivity contribution in [2.75, 3.05) is 0 Å². The van der Waals surface area contributed by atoms with Crippen LogP contribution in [-0.4, -0.2) is 26.2 Å². The van der Waals surface area contributed by atoms with Crippen molar-refractivity contribution in [1.29, 1.82) is 0 Å². The van der Waals surface area contributed by atoms with E-state index >= 15 is 0 Å². The molecule has 4 aromatic rings. The quantitative estimate of drug-likeness (QED) is 0.398. The fourth-order valence-corrected chi connectivity index (χ4v) is 4.15. The molecule has 3 aromatic heterocycles. The summed E-state index contributed by atoms with van der Waals surface area (Å²) < 4.78 is 5.68. The van der Waals surface area contributed by atoms with E-state index in [1.807, 2.05) is 55.6 Å². The van der Waals surface area contributed by atoms with Crippen LogP contribution < -0.4 is 0 Å². The van der Waals surface area contributed by atoms with Gasteiger partial charge < -0.3 is 9.40 Å². The Hall–Kier alpha value is -2.38. The van der Waals surface area contributed by atoms with E-state index in [0.717, 1.165) is 27.0 Å². The van der Waals surface area contributed by atoms with E-state index < -0.39 is 0 Å². The van der Waals surface area contributed by atoms with Gasteiger partial charge in [0.1, 0.15) is 0 Å². The average molecular weight is 369 g/mol. The van der Waals surface area contributed by atoms with Crippen molar-refractivity contribution >= 4 is 39.8 Å². The summed E-state index contributed by atoms with van der Waals surface area (Å²) in [6, 6.07) is 11.7. The maximum absolute atomic E-state index is 13.0. The van der Waals surface area contributed by atoms with Crippen molar-refractivity contribution in [2.45, 2.75) is 24.3 Å². The number of Topliss-reactive ketones (excluding diaryl/α,β-unsaturated/α-hetero) is 1. The fourth-order valence-electron chi connectivity index (χ4n) is 2.76. The van der Waals surface area contributed by atoms with Crippen LogP contribution in [-0.2, 0) is 0 Å². The first-order chi connectivity index (χ1) is 12.1. The van der Waals surface area contributed by atoms with E-state index in [9.17, 15) is 4.79 Å². The van der Waals surface area contributed by atoms with Gasteiger partial charge in [-0.1, -0.05) is 36.0 Å². The lowest BCUT2D eigenvalue weighted by molar-refractivity contribution is 0.0994. The molecule has 126 valence electrons. The lowest BCUT2D eigenvalue weighted by Crippen LogP contribution is -2.14. The molecule has 0 aliphatic heterocycles. The van der Waals surface area contributed by atoms with E-state index in [-0.39, 0.29) is 11.0 Å². The molecule has 5 nitrogen and oxygen atoms in total. The van der Waals surface area contributed by atoms with E-state index in [1.165, 1.54) is 23.1 Å². The first kappa shape index (κ1) is 16.1. The summed E-state index contributed by atoms with van der Waals surface area (Å²) in [5.41, 5.74) is 2.58. The summed E-state index contributed by atoms with van der Waals surface area (Å²) in [6.45, 7) is 3.79. The molecule has 0 radical (unpaired) electrons. The molecule has 0 saturated carbocycles. The van der Waals surface area contributed by atoms with Gasteiger partial charge in [-0.2, -0.15) is 0 Å². The number of thiophene rings is 1. The summed E-state index contributed by atoms with van der Waals surface area (Å²) in [6.07, 6.45) is 0. The third-order valence-corrected chi connectivity index (χ3v) is 5.72. The second kappa shape index (κ2) is 6.50. The Kier molecular flexibility index (Phi) is 4.19. The molecule has 1 atom stereocenters. The summed E-state index contributed by atoms with van der Waals surface area (Å²) in [5.74, 6) is 0.538. The Bertz CT molecular complexity index is 1030. The third kappa shape index (κ3) is 3.01. The molecule has 3 heterocycles. The molecule has 0 amide bonds. The van der Waals surface area contributed by atoms with Gasteiger partial charge in [0.2, 0.25) is 0 Å². The number of aromatic nitrogens is 3. The number of carbonyl (C=O) groups excluding carboxylic acids is 1. The minimum absolute atomic E-state index is 0.0517. The molecule has 1 N–H and O–H groups in total. The van der Waals surface area contributed by atoms with Crippen LogP contribution >= 0.6 is 23.1 Å². The highest BCUT2D eigenvalue weighted by Gasteiger charge is 2.24. The zero-order valence-electron chi connectivity index (χ0n) is 13.6. The number of para-hydroxylation sites is 1. The Morgan fingerprint density at radius 2 is 2.08 bits per heavy atom. The van der Waals surface area contributed by atoms with Gasteiger partial charge in [-0.3, -0.25) is 4.79 Å². The predicted molar refractivity (Wildman–Crippen MR) is 100 cm³/mol. The van der Waals surface area contributed by atoms with Gasteiger partial charge >= 0.3 is 0 Å². The second-order valence-corrected chi connectivity index (χ2v) is 7.89. The van der Waals surface area contributed by atoms with Crippen molar-refractivity contribution in [2.24, 2.45) is 0 Å². The Morgan fingerprint density at radius 1 is 1.24 bits per heavy atom. The molecule has 0 aliphatic rings. The largest absolute Gasteiger partial charge is 0.410 e. The van der Waals surface area contributed by atoms with Gasteiger partial charge in [0.15, 0.2) is 5.78 Å². The van der Waals surface area contributed by atoms with Crippen LogP contribution in [0.3, 0.4) is 0 Å². The molecular formula is C18H15N3O2S2. The number of thioether (sulfide) groups is 1. The number of nitrogens with zero attached hydrogens (tertiary/aromatic N) is 2. The monoisotopic (exact) mass is 369 g/mol. The van der Waals surface area contributed by atoms with E-state index in [4.69, 9.17) is 4.42 Å². The van der Waals surface area contributed by atoms with Gasteiger partial charge in [0.25, 0.3) is 11.1 Å². The second-order valence-electron chi connectivity index (χ2n) is 5.65. The summed E-state index contributed by atoms with van der Waals surface area (Å²) in [7, 11) is 0. The van der Waals surface area contributed by atoms with Crippen molar-refractivity contribution < 1.29 is 9.21 Å². The SMILES string of the molecule is Cc1[nH]c2ccccc2c1C(=O)[C@H](C)Sc1nnc(-c2cccs2)o1. The lowest BCUT2D eigenvalue weighted by atomic mass is 10.1. The molecule has 0 spiro atoms. The number of aryl methyl sites for hydroxylation is 1. The number of hydrogen-bond donors (Lipinski definition) is 1. The van der Waals surface area contributed by atoms with Crippen LogP contribution in [0.4, 0.5) is 0 Å². The van der Waals surface area contributed by atoms with Gasteiger partial charge in [-0.15, -0.1) is 21.5 Å². The minimum atomic E-state index is -0.324.